The number of H-pyrrole nitrogens is 1. The molecule has 8 heteroatoms. The van der Waals surface area contributed by atoms with Crippen LogP contribution < -0.4 is 5.56 Å². The van der Waals surface area contributed by atoms with Gasteiger partial charge < -0.3 is 14.6 Å². The van der Waals surface area contributed by atoms with Crippen molar-refractivity contribution in [3.05, 3.63) is 39.7 Å². The van der Waals surface area contributed by atoms with E-state index in [4.69, 9.17) is 4.52 Å². The van der Waals surface area contributed by atoms with Gasteiger partial charge in [0.1, 0.15) is 5.82 Å². The Morgan fingerprint density at radius 2 is 2.32 bits per heavy atom. The highest BCUT2D eigenvalue weighted by Crippen LogP contribution is 2.31. The molecule has 2 atom stereocenters. The summed E-state index contributed by atoms with van der Waals surface area (Å²) in [5.41, 5.74) is 0.593. The first-order valence-electron chi connectivity index (χ1n) is 7.36. The molecule has 2 aromatic rings. The van der Waals surface area contributed by atoms with Gasteiger partial charge in [-0.3, -0.25) is 9.69 Å². The molecule has 118 valence electrons. The van der Waals surface area contributed by atoms with Gasteiger partial charge in [0, 0.05) is 18.3 Å². The van der Waals surface area contributed by atoms with Crippen LogP contribution in [0, 0.1) is 6.92 Å². The van der Waals surface area contributed by atoms with Crippen molar-refractivity contribution in [1.82, 2.24) is 25.0 Å². The van der Waals surface area contributed by atoms with E-state index in [-0.39, 0.29) is 11.6 Å². The van der Waals surface area contributed by atoms with Crippen LogP contribution in [0.2, 0.25) is 0 Å². The molecule has 22 heavy (non-hydrogen) atoms. The maximum atomic E-state index is 11.7. The van der Waals surface area contributed by atoms with Crippen molar-refractivity contribution >= 4 is 0 Å². The average Bonchev–Trinajstić information content (AvgIpc) is 3.04. The van der Waals surface area contributed by atoms with Crippen molar-refractivity contribution in [2.75, 3.05) is 6.54 Å². The number of hydrogen-bond donors (Lipinski definition) is 2. The van der Waals surface area contributed by atoms with E-state index < -0.39 is 6.10 Å². The quantitative estimate of drug-likeness (QED) is 0.838. The van der Waals surface area contributed by atoms with Crippen molar-refractivity contribution in [3.63, 3.8) is 0 Å². The molecule has 1 aliphatic heterocycles. The monoisotopic (exact) mass is 305 g/mol. The van der Waals surface area contributed by atoms with Crippen molar-refractivity contribution in [1.29, 1.82) is 0 Å². The summed E-state index contributed by atoms with van der Waals surface area (Å²) in [6.07, 6.45) is 0.767. The Bertz CT molecular complexity index is 710. The molecule has 8 nitrogen and oxygen atoms in total. The molecule has 0 aromatic carbocycles. The number of rotatable bonds is 4. The number of aliphatic hydroxyl groups excluding tert-OH is 1. The highest BCUT2D eigenvalue weighted by Gasteiger charge is 2.36. The van der Waals surface area contributed by atoms with E-state index in [1.54, 1.807) is 6.92 Å². The van der Waals surface area contributed by atoms with Crippen LogP contribution in [0.5, 0.6) is 0 Å². The van der Waals surface area contributed by atoms with E-state index in [9.17, 15) is 9.90 Å². The molecule has 3 rings (SSSR count). The molecule has 1 aliphatic rings. The number of hydrogen-bond acceptors (Lipinski definition) is 7. The van der Waals surface area contributed by atoms with Crippen LogP contribution in [0.4, 0.5) is 0 Å². The summed E-state index contributed by atoms with van der Waals surface area (Å²) in [5, 5.41) is 13.7. The zero-order chi connectivity index (χ0) is 15.7. The predicted molar refractivity (Wildman–Crippen MR) is 77.0 cm³/mol. The predicted octanol–water partition coefficient (Wildman–Crippen LogP) is 0.332. The summed E-state index contributed by atoms with van der Waals surface area (Å²) < 4.78 is 5.23. The summed E-state index contributed by atoms with van der Waals surface area (Å²) in [6.45, 7) is 4.61. The van der Waals surface area contributed by atoms with Gasteiger partial charge in [-0.05, 0) is 19.8 Å². The number of aromatic nitrogens is 4. The lowest BCUT2D eigenvalue weighted by Crippen LogP contribution is -2.27. The van der Waals surface area contributed by atoms with Crippen LogP contribution >= 0.6 is 0 Å². The standard InChI is InChI=1S/C14H19N5O3/c1-3-9-4-13(21)17-12(16-9)7-19-6-10(20)5-11(19)14-15-8(2)18-22-14/h4,10-11,20H,3,5-7H2,1-2H3,(H,16,17,21)/t10-,11-/m1/s1. The van der Waals surface area contributed by atoms with E-state index in [2.05, 4.69) is 20.1 Å². The van der Waals surface area contributed by atoms with Gasteiger partial charge in [-0.15, -0.1) is 0 Å². The minimum atomic E-state index is -0.460. The Morgan fingerprint density at radius 1 is 1.50 bits per heavy atom. The van der Waals surface area contributed by atoms with Crippen LogP contribution in [0.1, 0.15) is 42.6 Å². The van der Waals surface area contributed by atoms with E-state index in [0.717, 1.165) is 5.69 Å². The minimum Gasteiger partial charge on any atom is -0.392 e. The first-order chi connectivity index (χ1) is 10.5. The molecule has 0 unspecified atom stereocenters. The Kier molecular flexibility index (Phi) is 4.04. The van der Waals surface area contributed by atoms with Gasteiger partial charge in [0.25, 0.3) is 5.56 Å². The Hall–Kier alpha value is -2.06. The number of aromatic amines is 1. The summed E-state index contributed by atoms with van der Waals surface area (Å²) in [6, 6.07) is 1.34. The lowest BCUT2D eigenvalue weighted by Gasteiger charge is -2.20. The molecule has 3 heterocycles. The van der Waals surface area contributed by atoms with Crippen LogP contribution in [-0.2, 0) is 13.0 Å². The third-order valence-electron chi connectivity index (χ3n) is 3.77. The summed E-state index contributed by atoms with van der Waals surface area (Å²) in [7, 11) is 0. The maximum absolute atomic E-state index is 11.7. The number of β-amino-alcohol motifs (C(OH)–C–C–N with tert-alkyl or cyclic N) is 1. The Balaban J connectivity index is 1.83. The molecule has 0 aliphatic carbocycles. The largest absolute Gasteiger partial charge is 0.392 e. The zero-order valence-corrected chi connectivity index (χ0v) is 12.6. The molecule has 0 radical (unpaired) electrons. The van der Waals surface area contributed by atoms with Gasteiger partial charge in [0.05, 0.1) is 18.7 Å². The van der Waals surface area contributed by atoms with Gasteiger partial charge in [-0.1, -0.05) is 12.1 Å². The van der Waals surface area contributed by atoms with Gasteiger partial charge in [0.15, 0.2) is 5.82 Å². The zero-order valence-electron chi connectivity index (χ0n) is 12.6. The molecule has 0 saturated carbocycles. The lowest BCUT2D eigenvalue weighted by atomic mass is 10.2. The first-order valence-corrected chi connectivity index (χ1v) is 7.36. The van der Waals surface area contributed by atoms with Gasteiger partial charge in [-0.25, -0.2) is 4.98 Å². The van der Waals surface area contributed by atoms with E-state index in [1.165, 1.54) is 6.07 Å². The van der Waals surface area contributed by atoms with Crippen LogP contribution in [0.15, 0.2) is 15.4 Å². The average molecular weight is 305 g/mol. The van der Waals surface area contributed by atoms with Crippen molar-refractivity contribution in [2.24, 2.45) is 0 Å². The fourth-order valence-corrected chi connectivity index (χ4v) is 2.77. The molecule has 1 saturated heterocycles. The Labute approximate surface area is 127 Å². The number of nitrogens with one attached hydrogen (secondary N) is 1. The lowest BCUT2D eigenvalue weighted by molar-refractivity contribution is 0.167. The van der Waals surface area contributed by atoms with E-state index in [1.807, 2.05) is 11.8 Å². The van der Waals surface area contributed by atoms with Crippen LogP contribution in [-0.4, -0.2) is 42.8 Å². The van der Waals surface area contributed by atoms with Crippen molar-refractivity contribution in [2.45, 2.75) is 45.4 Å². The second-order valence-corrected chi connectivity index (χ2v) is 5.55. The van der Waals surface area contributed by atoms with E-state index >= 15 is 0 Å². The molecule has 0 amide bonds. The van der Waals surface area contributed by atoms with Gasteiger partial charge in [-0.2, -0.15) is 4.98 Å². The second-order valence-electron chi connectivity index (χ2n) is 5.55. The molecule has 1 fully saturated rings. The van der Waals surface area contributed by atoms with Crippen molar-refractivity contribution < 1.29 is 9.63 Å². The van der Waals surface area contributed by atoms with Crippen LogP contribution in [0.3, 0.4) is 0 Å². The second kappa shape index (κ2) is 5.98. The molecule has 2 aromatic heterocycles. The molecule has 0 spiro atoms. The third kappa shape index (κ3) is 3.07. The number of aliphatic hydroxyl groups is 1. The number of aryl methyl sites for hydroxylation is 2. The van der Waals surface area contributed by atoms with Crippen molar-refractivity contribution in [3.8, 4) is 0 Å². The fraction of sp³-hybridized carbons (Fsp3) is 0.571. The highest BCUT2D eigenvalue weighted by molar-refractivity contribution is 5.05. The molecule has 2 N–H and O–H groups in total. The number of likely N-dealkylation sites (tertiary alicyclic amines) is 1. The molecular weight excluding hydrogens is 286 g/mol. The highest BCUT2D eigenvalue weighted by atomic mass is 16.5. The topological polar surface area (TPSA) is 108 Å². The van der Waals surface area contributed by atoms with Gasteiger partial charge in [0.2, 0.25) is 5.89 Å². The van der Waals surface area contributed by atoms with Gasteiger partial charge >= 0.3 is 0 Å². The molecular formula is C14H19N5O3. The summed E-state index contributed by atoms with van der Waals surface area (Å²) in [5.74, 6) is 1.64. The minimum absolute atomic E-state index is 0.160. The third-order valence-corrected chi connectivity index (χ3v) is 3.77. The SMILES string of the molecule is CCc1cc(=O)[nH]c(CN2C[C@H](O)C[C@@H]2c2nc(C)no2)n1. The number of nitrogens with zero attached hydrogens (tertiary/aromatic N) is 4. The Morgan fingerprint density at radius 3 is 3.00 bits per heavy atom. The van der Waals surface area contributed by atoms with Crippen LogP contribution in [0.25, 0.3) is 0 Å². The van der Waals surface area contributed by atoms with E-state index in [0.29, 0.717) is 43.5 Å². The first kappa shape index (κ1) is 14.9. The summed E-state index contributed by atoms with van der Waals surface area (Å²) in [4.78, 5) is 25.1. The normalized spacial score (nSPS) is 22.3. The smallest absolute Gasteiger partial charge is 0.251 e. The summed E-state index contributed by atoms with van der Waals surface area (Å²) >= 11 is 0. The molecule has 0 bridgehead atoms. The maximum Gasteiger partial charge on any atom is 0.251 e. The fourth-order valence-electron chi connectivity index (χ4n) is 2.77.